The number of nitrogens with zero attached hydrogens (tertiary/aromatic N) is 2. The van der Waals surface area contributed by atoms with Gasteiger partial charge in [-0.05, 0) is 32.4 Å². The van der Waals surface area contributed by atoms with Crippen molar-refractivity contribution in [1.82, 2.24) is 14.9 Å². The third-order valence-corrected chi connectivity index (χ3v) is 2.24. The summed E-state index contributed by atoms with van der Waals surface area (Å²) in [7, 11) is 0. The summed E-state index contributed by atoms with van der Waals surface area (Å²) < 4.78 is 0. The smallest absolute Gasteiger partial charge is 0.0923 e. The van der Waals surface area contributed by atoms with E-state index < -0.39 is 0 Å². The van der Waals surface area contributed by atoms with Crippen LogP contribution in [0.15, 0.2) is 12.5 Å². The van der Waals surface area contributed by atoms with Gasteiger partial charge in [-0.2, -0.15) is 0 Å². The Balaban J connectivity index is 1.86. The highest BCUT2D eigenvalue weighted by Gasteiger charge is 2.10. The van der Waals surface area contributed by atoms with Crippen LogP contribution in [0.1, 0.15) is 18.5 Å². The van der Waals surface area contributed by atoms with Gasteiger partial charge < -0.3 is 4.98 Å². The maximum Gasteiger partial charge on any atom is 0.0923 e. The highest BCUT2D eigenvalue weighted by Crippen LogP contribution is 2.10. The fourth-order valence-corrected chi connectivity index (χ4v) is 1.57. The second kappa shape index (κ2) is 3.72. The highest BCUT2D eigenvalue weighted by atomic mass is 15.1. The summed E-state index contributed by atoms with van der Waals surface area (Å²) in [6.45, 7) is 3.37. The van der Waals surface area contributed by atoms with E-state index in [-0.39, 0.29) is 0 Å². The number of aromatic amines is 1. The van der Waals surface area contributed by atoms with Gasteiger partial charge in [0.15, 0.2) is 0 Å². The predicted molar refractivity (Wildman–Crippen MR) is 47.4 cm³/mol. The minimum Gasteiger partial charge on any atom is -0.351 e. The molecule has 2 rings (SSSR count). The van der Waals surface area contributed by atoms with Crippen molar-refractivity contribution >= 4 is 0 Å². The molecule has 0 amide bonds. The van der Waals surface area contributed by atoms with Crippen molar-refractivity contribution in [3.8, 4) is 0 Å². The van der Waals surface area contributed by atoms with Crippen LogP contribution < -0.4 is 0 Å². The number of hydrogen-bond acceptors (Lipinski definition) is 2. The van der Waals surface area contributed by atoms with Crippen LogP contribution in [0.25, 0.3) is 0 Å². The number of imidazole rings is 1. The SMILES string of the molecule is [CH]1CCN(Cc2c[nH]cn2)CC1. The Kier molecular flexibility index (Phi) is 2.42. The van der Waals surface area contributed by atoms with Crippen molar-refractivity contribution in [2.75, 3.05) is 13.1 Å². The third-order valence-electron chi connectivity index (χ3n) is 2.24. The van der Waals surface area contributed by atoms with Gasteiger partial charge in [0.25, 0.3) is 0 Å². The Labute approximate surface area is 72.8 Å². The van der Waals surface area contributed by atoms with Crippen LogP contribution in [0, 0.1) is 6.42 Å². The molecule has 65 valence electrons. The fraction of sp³-hybridized carbons (Fsp3) is 0.556. The van der Waals surface area contributed by atoms with Gasteiger partial charge in [0.2, 0.25) is 0 Å². The Morgan fingerprint density at radius 1 is 1.42 bits per heavy atom. The minimum absolute atomic E-state index is 0.997. The van der Waals surface area contributed by atoms with Crippen LogP contribution >= 0.6 is 0 Å². The second-order valence-corrected chi connectivity index (χ2v) is 3.20. The average Bonchev–Trinajstić information content (AvgIpc) is 2.59. The zero-order valence-electron chi connectivity index (χ0n) is 7.16. The predicted octanol–water partition coefficient (Wildman–Crippen LogP) is 1.21. The van der Waals surface area contributed by atoms with Gasteiger partial charge in [-0.3, -0.25) is 4.90 Å². The summed E-state index contributed by atoms with van der Waals surface area (Å²) >= 11 is 0. The second-order valence-electron chi connectivity index (χ2n) is 3.20. The Bertz CT molecular complexity index is 212. The molecule has 1 aromatic rings. The molecule has 0 spiro atoms. The average molecular weight is 164 g/mol. The molecule has 3 heteroatoms. The van der Waals surface area contributed by atoms with Gasteiger partial charge in [0.1, 0.15) is 0 Å². The lowest BCUT2D eigenvalue weighted by Crippen LogP contribution is -2.29. The van der Waals surface area contributed by atoms with Gasteiger partial charge in [-0.1, -0.05) is 0 Å². The largest absolute Gasteiger partial charge is 0.351 e. The van der Waals surface area contributed by atoms with E-state index in [1.54, 1.807) is 6.33 Å². The van der Waals surface area contributed by atoms with Crippen molar-refractivity contribution in [1.29, 1.82) is 0 Å². The zero-order valence-corrected chi connectivity index (χ0v) is 7.16. The summed E-state index contributed by atoms with van der Waals surface area (Å²) in [6, 6.07) is 0. The molecular weight excluding hydrogens is 150 g/mol. The molecule has 0 atom stereocenters. The van der Waals surface area contributed by atoms with Crippen molar-refractivity contribution in [3.63, 3.8) is 0 Å². The molecule has 0 aromatic carbocycles. The molecule has 1 fully saturated rings. The summed E-state index contributed by atoms with van der Waals surface area (Å²) in [4.78, 5) is 9.62. The van der Waals surface area contributed by atoms with Crippen LogP contribution in [0.4, 0.5) is 0 Å². The number of aromatic nitrogens is 2. The molecule has 0 unspecified atom stereocenters. The molecule has 1 aromatic heterocycles. The number of nitrogens with one attached hydrogen (secondary N) is 1. The van der Waals surface area contributed by atoms with E-state index in [9.17, 15) is 0 Å². The van der Waals surface area contributed by atoms with Crippen LogP contribution in [-0.2, 0) is 6.54 Å². The van der Waals surface area contributed by atoms with Crippen LogP contribution in [-0.4, -0.2) is 28.0 Å². The van der Waals surface area contributed by atoms with E-state index in [0.29, 0.717) is 0 Å². The first-order chi connectivity index (χ1) is 5.95. The first kappa shape index (κ1) is 7.80. The molecule has 1 N–H and O–H groups in total. The van der Waals surface area contributed by atoms with Crippen molar-refractivity contribution in [3.05, 3.63) is 24.6 Å². The number of piperidine rings is 1. The molecule has 0 aliphatic carbocycles. The van der Waals surface area contributed by atoms with E-state index in [1.165, 1.54) is 25.9 Å². The van der Waals surface area contributed by atoms with Crippen LogP contribution in [0.3, 0.4) is 0 Å². The maximum absolute atomic E-state index is 4.20. The van der Waals surface area contributed by atoms with E-state index in [4.69, 9.17) is 0 Å². The summed E-state index contributed by atoms with van der Waals surface area (Å²) in [5.74, 6) is 0. The van der Waals surface area contributed by atoms with Gasteiger partial charge >= 0.3 is 0 Å². The Hall–Kier alpha value is -0.830. The van der Waals surface area contributed by atoms with Crippen LogP contribution in [0.2, 0.25) is 0 Å². The van der Waals surface area contributed by atoms with Gasteiger partial charge in [-0.15, -0.1) is 0 Å². The molecule has 0 bridgehead atoms. The number of likely N-dealkylation sites (tertiary alicyclic amines) is 1. The van der Waals surface area contributed by atoms with E-state index in [1.807, 2.05) is 6.20 Å². The van der Waals surface area contributed by atoms with Gasteiger partial charge in [0, 0.05) is 12.7 Å². The van der Waals surface area contributed by atoms with Gasteiger partial charge in [0.05, 0.1) is 12.0 Å². The quantitative estimate of drug-likeness (QED) is 0.712. The molecule has 12 heavy (non-hydrogen) atoms. The zero-order chi connectivity index (χ0) is 8.23. The van der Waals surface area contributed by atoms with Crippen molar-refractivity contribution in [2.45, 2.75) is 19.4 Å². The summed E-state index contributed by atoms with van der Waals surface area (Å²) in [5, 5.41) is 0. The molecule has 2 heterocycles. The van der Waals surface area contributed by atoms with Gasteiger partial charge in [-0.25, -0.2) is 4.98 Å². The Morgan fingerprint density at radius 2 is 2.25 bits per heavy atom. The molecule has 1 aliphatic heterocycles. The minimum atomic E-state index is 0.997. The molecule has 1 radical (unpaired) electrons. The van der Waals surface area contributed by atoms with Crippen molar-refractivity contribution < 1.29 is 0 Å². The lowest BCUT2D eigenvalue weighted by atomic mass is 10.1. The van der Waals surface area contributed by atoms with Crippen LogP contribution in [0.5, 0.6) is 0 Å². The van der Waals surface area contributed by atoms with Crippen molar-refractivity contribution in [2.24, 2.45) is 0 Å². The molecular formula is C9H14N3. The molecule has 1 aliphatic rings. The lowest BCUT2D eigenvalue weighted by Gasteiger charge is -2.25. The molecule has 3 nitrogen and oxygen atoms in total. The van der Waals surface area contributed by atoms with E-state index in [2.05, 4.69) is 21.3 Å². The highest BCUT2D eigenvalue weighted by molar-refractivity contribution is 4.94. The number of hydrogen-bond donors (Lipinski definition) is 1. The fourth-order valence-electron chi connectivity index (χ4n) is 1.57. The normalized spacial score (nSPS) is 19.7. The maximum atomic E-state index is 4.20. The first-order valence-corrected chi connectivity index (χ1v) is 4.47. The standard InChI is InChI=1S/C9H14N3/c1-2-4-12(5-3-1)7-9-6-10-8-11-9/h1,6,8H,2-5,7H2,(H,10,11). The lowest BCUT2D eigenvalue weighted by molar-refractivity contribution is 0.243. The third kappa shape index (κ3) is 1.85. The summed E-state index contributed by atoms with van der Waals surface area (Å²) in [6.07, 6.45) is 8.53. The molecule has 1 saturated heterocycles. The monoisotopic (exact) mass is 164 g/mol. The summed E-state index contributed by atoms with van der Waals surface area (Å²) in [5.41, 5.74) is 1.15. The number of H-pyrrole nitrogens is 1. The molecule has 0 saturated carbocycles. The Morgan fingerprint density at radius 3 is 2.92 bits per heavy atom. The topological polar surface area (TPSA) is 31.9 Å². The van der Waals surface area contributed by atoms with E-state index in [0.717, 1.165) is 12.2 Å². The first-order valence-electron chi connectivity index (χ1n) is 4.47. The number of rotatable bonds is 2. The van der Waals surface area contributed by atoms with E-state index >= 15 is 0 Å².